The molecule has 0 bridgehead atoms. The summed E-state index contributed by atoms with van der Waals surface area (Å²) in [6, 6.07) is 2.10. The highest BCUT2D eigenvalue weighted by Crippen LogP contribution is 2.41. The molecule has 2 aliphatic rings. The Morgan fingerprint density at radius 3 is 2.89 bits per heavy atom. The zero-order valence-corrected chi connectivity index (χ0v) is 12.2. The van der Waals surface area contributed by atoms with Gasteiger partial charge in [-0.1, -0.05) is 0 Å². The second kappa shape index (κ2) is 5.59. The number of pyridine rings is 1. The van der Waals surface area contributed by atoms with Gasteiger partial charge in [-0.25, -0.2) is 0 Å². The van der Waals surface area contributed by atoms with Gasteiger partial charge in [0.2, 0.25) is 5.91 Å². The molecule has 2 fully saturated rings. The minimum atomic E-state index is -0.263. The van der Waals surface area contributed by atoms with E-state index in [9.17, 15) is 4.79 Å². The Morgan fingerprint density at radius 2 is 2.26 bits per heavy atom. The molecule has 102 valence electrons. The van der Waals surface area contributed by atoms with Crippen molar-refractivity contribution in [2.75, 3.05) is 6.61 Å². The highest BCUT2D eigenvalue weighted by molar-refractivity contribution is 9.10. The van der Waals surface area contributed by atoms with Gasteiger partial charge in [0.1, 0.15) is 6.10 Å². The smallest absolute Gasteiger partial charge is 0.249 e. The van der Waals surface area contributed by atoms with Crippen molar-refractivity contribution in [3.8, 4) is 0 Å². The zero-order valence-electron chi connectivity index (χ0n) is 10.6. The first kappa shape index (κ1) is 13.1. The highest BCUT2D eigenvalue weighted by atomic mass is 79.9. The number of amides is 1. The lowest BCUT2D eigenvalue weighted by Gasteiger charge is -2.20. The maximum atomic E-state index is 12.2. The average molecular weight is 325 g/mol. The van der Waals surface area contributed by atoms with Crippen LogP contribution in [-0.4, -0.2) is 23.6 Å². The number of hydrogen-bond donors (Lipinski definition) is 1. The number of nitrogens with one attached hydrogen (secondary N) is 1. The molecule has 1 saturated carbocycles. The Morgan fingerprint density at radius 1 is 1.42 bits per heavy atom. The van der Waals surface area contributed by atoms with Crippen molar-refractivity contribution in [3.05, 3.63) is 28.5 Å². The third-order valence-corrected chi connectivity index (χ3v) is 4.13. The van der Waals surface area contributed by atoms with Crippen LogP contribution in [0.2, 0.25) is 0 Å². The van der Waals surface area contributed by atoms with Crippen molar-refractivity contribution in [1.29, 1.82) is 0 Å². The Labute approximate surface area is 121 Å². The van der Waals surface area contributed by atoms with Crippen LogP contribution in [0.3, 0.4) is 0 Å². The first-order valence-corrected chi connectivity index (χ1v) is 7.56. The molecule has 5 heteroatoms. The summed E-state index contributed by atoms with van der Waals surface area (Å²) in [6.07, 6.45) is 7.48. The Hall–Kier alpha value is -0.940. The van der Waals surface area contributed by atoms with Crippen LogP contribution in [0.4, 0.5) is 0 Å². The lowest BCUT2D eigenvalue weighted by atomic mass is 10.0. The molecule has 2 atom stereocenters. The number of ether oxygens (including phenoxy) is 1. The van der Waals surface area contributed by atoms with Gasteiger partial charge in [-0.05, 0) is 59.2 Å². The predicted octanol–water partition coefficient (Wildman–Crippen LogP) is 2.59. The number of nitrogens with zero attached hydrogens (tertiary/aromatic N) is 1. The zero-order chi connectivity index (χ0) is 13.2. The van der Waals surface area contributed by atoms with Gasteiger partial charge in [-0.2, -0.15) is 0 Å². The van der Waals surface area contributed by atoms with Crippen molar-refractivity contribution >= 4 is 21.8 Å². The first-order chi connectivity index (χ1) is 9.24. The van der Waals surface area contributed by atoms with Crippen LogP contribution in [0.1, 0.15) is 37.3 Å². The highest BCUT2D eigenvalue weighted by Gasteiger charge is 2.35. The van der Waals surface area contributed by atoms with Gasteiger partial charge in [0.15, 0.2) is 0 Å². The van der Waals surface area contributed by atoms with Crippen LogP contribution in [0.15, 0.2) is 22.9 Å². The van der Waals surface area contributed by atoms with Crippen LogP contribution in [0, 0.1) is 5.92 Å². The van der Waals surface area contributed by atoms with E-state index < -0.39 is 0 Å². The minimum Gasteiger partial charge on any atom is -0.368 e. The third-order valence-electron chi connectivity index (χ3n) is 3.70. The van der Waals surface area contributed by atoms with Gasteiger partial charge in [-0.3, -0.25) is 9.78 Å². The fourth-order valence-corrected chi connectivity index (χ4v) is 2.91. The van der Waals surface area contributed by atoms with E-state index in [1.54, 1.807) is 6.20 Å². The number of rotatable bonds is 4. The number of aromatic nitrogens is 1. The molecule has 2 heterocycles. The van der Waals surface area contributed by atoms with Crippen LogP contribution in [-0.2, 0) is 9.53 Å². The standard InChI is InChI=1S/C14H17BrN2O2/c15-11-6-10(7-16-8-11)13(9-3-4-9)17-14(18)12-2-1-5-19-12/h6-9,12-13H,1-5H2,(H,17,18)/t12-,13-/m1/s1. The molecular formula is C14H17BrN2O2. The van der Waals surface area contributed by atoms with Gasteiger partial charge in [-0.15, -0.1) is 0 Å². The summed E-state index contributed by atoms with van der Waals surface area (Å²) < 4.78 is 6.38. The molecule has 1 amide bonds. The van der Waals surface area contributed by atoms with E-state index in [0.29, 0.717) is 12.5 Å². The van der Waals surface area contributed by atoms with E-state index in [2.05, 4.69) is 26.2 Å². The number of carbonyl (C=O) groups is 1. The maximum absolute atomic E-state index is 12.2. The molecule has 1 aromatic rings. The van der Waals surface area contributed by atoms with Gasteiger partial charge < -0.3 is 10.1 Å². The average Bonchev–Trinajstić information content (AvgIpc) is 3.09. The van der Waals surface area contributed by atoms with E-state index in [-0.39, 0.29) is 18.1 Å². The normalized spacial score (nSPS) is 24.2. The molecular weight excluding hydrogens is 308 g/mol. The van der Waals surface area contributed by atoms with E-state index in [1.165, 1.54) is 12.8 Å². The van der Waals surface area contributed by atoms with Crippen molar-refractivity contribution in [1.82, 2.24) is 10.3 Å². The summed E-state index contributed by atoms with van der Waals surface area (Å²) in [5.74, 6) is 0.566. The van der Waals surface area contributed by atoms with E-state index in [4.69, 9.17) is 4.74 Å². The second-order valence-corrected chi connectivity index (χ2v) is 6.18. The molecule has 1 aliphatic heterocycles. The molecule has 3 rings (SSSR count). The molecule has 0 radical (unpaired) electrons. The van der Waals surface area contributed by atoms with Crippen LogP contribution < -0.4 is 5.32 Å². The van der Waals surface area contributed by atoms with Crippen molar-refractivity contribution in [3.63, 3.8) is 0 Å². The fourth-order valence-electron chi connectivity index (χ4n) is 2.53. The van der Waals surface area contributed by atoms with E-state index in [1.807, 2.05) is 12.3 Å². The maximum Gasteiger partial charge on any atom is 0.249 e. The summed E-state index contributed by atoms with van der Waals surface area (Å²) in [5, 5.41) is 3.14. The van der Waals surface area contributed by atoms with E-state index >= 15 is 0 Å². The Balaban J connectivity index is 1.72. The molecule has 1 aliphatic carbocycles. The SMILES string of the molecule is O=C(N[C@@H](c1cncc(Br)c1)C1CC1)[C@H]1CCCO1. The minimum absolute atomic E-state index is 0.0226. The van der Waals surface area contributed by atoms with Gasteiger partial charge >= 0.3 is 0 Å². The van der Waals surface area contributed by atoms with Gasteiger partial charge in [0.05, 0.1) is 6.04 Å². The molecule has 1 aromatic heterocycles. The molecule has 19 heavy (non-hydrogen) atoms. The summed E-state index contributed by atoms with van der Waals surface area (Å²) >= 11 is 3.43. The van der Waals surface area contributed by atoms with Crippen LogP contribution in [0.25, 0.3) is 0 Å². The Bertz CT molecular complexity index is 470. The Kier molecular flexibility index (Phi) is 3.84. The topological polar surface area (TPSA) is 51.2 Å². The lowest BCUT2D eigenvalue weighted by molar-refractivity contribution is -0.131. The second-order valence-electron chi connectivity index (χ2n) is 5.26. The number of halogens is 1. The summed E-state index contributed by atoms with van der Waals surface area (Å²) in [4.78, 5) is 16.4. The van der Waals surface area contributed by atoms with Crippen LogP contribution >= 0.6 is 15.9 Å². The summed E-state index contributed by atoms with van der Waals surface area (Å²) in [7, 11) is 0. The third kappa shape index (κ3) is 3.15. The fraction of sp³-hybridized carbons (Fsp3) is 0.571. The number of carbonyl (C=O) groups excluding carboxylic acids is 1. The molecule has 0 aromatic carbocycles. The van der Waals surface area contributed by atoms with Crippen molar-refractivity contribution in [2.45, 2.75) is 37.8 Å². The molecule has 0 unspecified atom stereocenters. The molecule has 1 saturated heterocycles. The first-order valence-electron chi connectivity index (χ1n) is 6.76. The predicted molar refractivity (Wildman–Crippen MR) is 74.5 cm³/mol. The monoisotopic (exact) mass is 324 g/mol. The molecule has 1 N–H and O–H groups in total. The van der Waals surface area contributed by atoms with Crippen molar-refractivity contribution in [2.24, 2.45) is 5.92 Å². The lowest BCUT2D eigenvalue weighted by Crippen LogP contribution is -2.37. The van der Waals surface area contributed by atoms with E-state index in [0.717, 1.165) is 22.9 Å². The van der Waals surface area contributed by atoms with Crippen molar-refractivity contribution < 1.29 is 9.53 Å². The number of hydrogen-bond acceptors (Lipinski definition) is 3. The van der Waals surface area contributed by atoms with Gasteiger partial charge in [0.25, 0.3) is 0 Å². The summed E-state index contributed by atoms with van der Waals surface area (Å²) in [5.41, 5.74) is 1.07. The summed E-state index contributed by atoms with van der Waals surface area (Å²) in [6.45, 7) is 0.699. The quantitative estimate of drug-likeness (QED) is 0.926. The largest absolute Gasteiger partial charge is 0.368 e. The molecule has 4 nitrogen and oxygen atoms in total. The molecule has 0 spiro atoms. The van der Waals surface area contributed by atoms with Gasteiger partial charge in [0, 0.05) is 23.5 Å². The van der Waals surface area contributed by atoms with Crippen LogP contribution in [0.5, 0.6) is 0 Å².